The quantitative estimate of drug-likeness (QED) is 0.550. The summed E-state index contributed by atoms with van der Waals surface area (Å²) >= 11 is 0. The average molecular weight is 223 g/mol. The molecular formula is C8H9N5O3. The SMILES string of the molecule is CON=C(c1noc(C)n1)c1noc(C)n1. The van der Waals surface area contributed by atoms with Gasteiger partial charge < -0.3 is 13.9 Å². The number of nitrogens with zero attached hydrogens (tertiary/aromatic N) is 5. The lowest BCUT2D eigenvalue weighted by Gasteiger charge is -1.93. The summed E-state index contributed by atoms with van der Waals surface area (Å²) in [7, 11) is 1.40. The molecule has 0 aliphatic carbocycles. The fourth-order valence-electron chi connectivity index (χ4n) is 1.06. The van der Waals surface area contributed by atoms with Gasteiger partial charge in [0.25, 0.3) is 0 Å². The number of hydrogen-bond donors (Lipinski definition) is 0. The maximum Gasteiger partial charge on any atom is 0.228 e. The molecule has 0 amide bonds. The Hall–Kier alpha value is -2.25. The lowest BCUT2D eigenvalue weighted by Crippen LogP contribution is -2.08. The van der Waals surface area contributed by atoms with Crippen LogP contribution in [-0.2, 0) is 4.84 Å². The maximum atomic E-state index is 4.84. The van der Waals surface area contributed by atoms with Crippen LogP contribution in [0.3, 0.4) is 0 Å². The van der Waals surface area contributed by atoms with Gasteiger partial charge in [0.05, 0.1) is 0 Å². The Morgan fingerprint density at radius 3 is 1.88 bits per heavy atom. The van der Waals surface area contributed by atoms with Crippen LogP contribution in [0, 0.1) is 13.8 Å². The Balaban J connectivity index is 2.42. The molecular weight excluding hydrogens is 214 g/mol. The number of oxime groups is 1. The van der Waals surface area contributed by atoms with Crippen molar-refractivity contribution in [1.82, 2.24) is 20.3 Å². The molecule has 0 atom stereocenters. The van der Waals surface area contributed by atoms with Crippen LogP contribution in [0.2, 0.25) is 0 Å². The minimum Gasteiger partial charge on any atom is -0.398 e. The molecule has 2 rings (SSSR count). The van der Waals surface area contributed by atoms with Crippen molar-refractivity contribution in [3.05, 3.63) is 23.4 Å². The van der Waals surface area contributed by atoms with E-state index in [4.69, 9.17) is 9.05 Å². The molecule has 0 saturated heterocycles. The van der Waals surface area contributed by atoms with Crippen LogP contribution in [0.15, 0.2) is 14.2 Å². The second-order valence-electron chi connectivity index (χ2n) is 2.90. The highest BCUT2D eigenvalue weighted by atomic mass is 16.6. The molecule has 0 aromatic carbocycles. The zero-order valence-electron chi connectivity index (χ0n) is 8.96. The predicted octanol–water partition coefficient (Wildman–Crippen LogP) is 0.468. The van der Waals surface area contributed by atoms with Crippen LogP contribution in [0.4, 0.5) is 0 Å². The van der Waals surface area contributed by atoms with Gasteiger partial charge in [0.15, 0.2) is 5.71 Å². The van der Waals surface area contributed by atoms with Crippen LogP contribution < -0.4 is 0 Å². The van der Waals surface area contributed by atoms with Gasteiger partial charge in [0, 0.05) is 13.8 Å². The second-order valence-corrected chi connectivity index (χ2v) is 2.90. The number of rotatable bonds is 3. The first-order valence-corrected chi connectivity index (χ1v) is 4.43. The largest absolute Gasteiger partial charge is 0.398 e. The summed E-state index contributed by atoms with van der Waals surface area (Å²) in [6.07, 6.45) is 0. The van der Waals surface area contributed by atoms with E-state index in [1.54, 1.807) is 13.8 Å². The molecule has 2 aromatic rings. The first-order chi connectivity index (χ1) is 7.70. The lowest BCUT2D eigenvalue weighted by molar-refractivity contribution is 0.213. The van der Waals surface area contributed by atoms with E-state index in [0.717, 1.165) is 0 Å². The Kier molecular flexibility index (Phi) is 2.63. The summed E-state index contributed by atoms with van der Waals surface area (Å²) < 4.78 is 9.67. The molecule has 8 nitrogen and oxygen atoms in total. The topological polar surface area (TPSA) is 99.4 Å². The Morgan fingerprint density at radius 2 is 1.56 bits per heavy atom. The molecule has 0 spiro atoms. The summed E-state index contributed by atoms with van der Waals surface area (Å²) in [6, 6.07) is 0. The van der Waals surface area contributed by atoms with Crippen molar-refractivity contribution in [2.24, 2.45) is 5.16 Å². The summed E-state index contributed by atoms with van der Waals surface area (Å²) in [6.45, 7) is 3.34. The van der Waals surface area contributed by atoms with E-state index in [0.29, 0.717) is 11.8 Å². The van der Waals surface area contributed by atoms with Gasteiger partial charge in [-0.1, -0.05) is 15.5 Å². The molecule has 0 saturated carbocycles. The third-order valence-electron chi connectivity index (χ3n) is 1.66. The predicted molar refractivity (Wildman–Crippen MR) is 50.7 cm³/mol. The molecule has 0 aliphatic heterocycles. The van der Waals surface area contributed by atoms with Gasteiger partial charge in [-0.3, -0.25) is 0 Å². The van der Waals surface area contributed by atoms with Crippen LogP contribution in [0.25, 0.3) is 0 Å². The van der Waals surface area contributed by atoms with Crippen molar-refractivity contribution in [2.75, 3.05) is 7.11 Å². The van der Waals surface area contributed by atoms with Crippen molar-refractivity contribution in [3.8, 4) is 0 Å². The molecule has 0 radical (unpaired) electrons. The third-order valence-corrected chi connectivity index (χ3v) is 1.66. The fourth-order valence-corrected chi connectivity index (χ4v) is 1.06. The standard InChI is InChI=1S/C8H9N5O3/c1-4-9-7(12-15-4)6(11-14-3)8-10-5(2)16-13-8/h1-3H3. The highest BCUT2D eigenvalue weighted by molar-refractivity contribution is 6.07. The molecule has 2 aromatic heterocycles. The normalized spacial score (nSPS) is 10.2. The monoisotopic (exact) mass is 223 g/mol. The van der Waals surface area contributed by atoms with Crippen LogP contribution in [-0.4, -0.2) is 33.1 Å². The van der Waals surface area contributed by atoms with Gasteiger partial charge in [-0.15, -0.1) is 0 Å². The van der Waals surface area contributed by atoms with Gasteiger partial charge in [-0.2, -0.15) is 9.97 Å². The van der Waals surface area contributed by atoms with E-state index in [-0.39, 0.29) is 17.4 Å². The average Bonchev–Trinajstić information content (AvgIpc) is 2.84. The van der Waals surface area contributed by atoms with E-state index < -0.39 is 0 Å². The highest BCUT2D eigenvalue weighted by Crippen LogP contribution is 2.05. The van der Waals surface area contributed by atoms with Gasteiger partial charge in [-0.25, -0.2) is 0 Å². The van der Waals surface area contributed by atoms with Crippen molar-refractivity contribution in [2.45, 2.75) is 13.8 Å². The summed E-state index contributed by atoms with van der Waals surface area (Å²) in [5.74, 6) is 1.33. The van der Waals surface area contributed by atoms with Gasteiger partial charge in [0.1, 0.15) is 7.11 Å². The van der Waals surface area contributed by atoms with Crippen molar-refractivity contribution < 1.29 is 13.9 Å². The smallest absolute Gasteiger partial charge is 0.228 e. The van der Waals surface area contributed by atoms with Gasteiger partial charge in [0.2, 0.25) is 23.4 Å². The van der Waals surface area contributed by atoms with E-state index >= 15 is 0 Å². The van der Waals surface area contributed by atoms with Crippen LogP contribution in [0.5, 0.6) is 0 Å². The molecule has 0 aliphatic rings. The summed E-state index contributed by atoms with van der Waals surface area (Å²) in [4.78, 5) is 12.7. The van der Waals surface area contributed by atoms with E-state index in [1.165, 1.54) is 7.11 Å². The third kappa shape index (κ3) is 1.90. The Labute approximate surface area is 90.3 Å². The zero-order valence-corrected chi connectivity index (χ0v) is 8.96. The molecule has 8 heteroatoms. The molecule has 84 valence electrons. The van der Waals surface area contributed by atoms with Crippen molar-refractivity contribution in [3.63, 3.8) is 0 Å². The minimum absolute atomic E-state index is 0.250. The van der Waals surface area contributed by atoms with Gasteiger partial charge in [-0.05, 0) is 0 Å². The molecule has 0 unspecified atom stereocenters. The van der Waals surface area contributed by atoms with Crippen LogP contribution >= 0.6 is 0 Å². The Morgan fingerprint density at radius 1 is 1.06 bits per heavy atom. The number of aromatic nitrogens is 4. The molecule has 16 heavy (non-hydrogen) atoms. The summed E-state index contributed by atoms with van der Waals surface area (Å²) in [5.41, 5.74) is 0.260. The fraction of sp³-hybridized carbons (Fsp3) is 0.375. The van der Waals surface area contributed by atoms with E-state index in [2.05, 4.69) is 30.3 Å². The highest BCUT2D eigenvalue weighted by Gasteiger charge is 2.19. The first-order valence-electron chi connectivity index (χ1n) is 4.43. The minimum atomic E-state index is 0.250. The van der Waals surface area contributed by atoms with E-state index in [1.807, 2.05) is 0 Å². The molecule has 0 bridgehead atoms. The zero-order chi connectivity index (χ0) is 11.5. The maximum absolute atomic E-state index is 4.84. The van der Waals surface area contributed by atoms with Crippen molar-refractivity contribution in [1.29, 1.82) is 0 Å². The number of hydrogen-bond acceptors (Lipinski definition) is 8. The first kappa shape index (κ1) is 10.3. The molecule has 2 heterocycles. The van der Waals surface area contributed by atoms with Gasteiger partial charge >= 0.3 is 0 Å². The lowest BCUT2D eigenvalue weighted by atomic mass is 10.3. The Bertz CT molecular complexity index is 473. The summed E-state index contributed by atoms with van der Waals surface area (Å²) in [5, 5.41) is 11.1. The molecule has 0 N–H and O–H groups in total. The van der Waals surface area contributed by atoms with Crippen LogP contribution in [0.1, 0.15) is 23.4 Å². The molecule has 0 fully saturated rings. The number of aryl methyl sites for hydroxylation is 2. The second kappa shape index (κ2) is 4.09. The van der Waals surface area contributed by atoms with Crippen molar-refractivity contribution >= 4 is 5.71 Å². The van der Waals surface area contributed by atoms with E-state index in [9.17, 15) is 0 Å².